The van der Waals surface area contributed by atoms with Crippen LogP contribution < -0.4 is 5.73 Å². The standard InChI is InChI=1S/C24H32N2O3/c1-5-6-17-20(25)22(27)26(23(28)29-24(2,3)4)21(18-13-9-7-10-14-18)19-15-11-8-12-16-19/h7-16,20-21H,5-6,17,25H2,1-4H3. The van der Waals surface area contributed by atoms with Gasteiger partial charge in [-0.15, -0.1) is 0 Å². The first-order chi connectivity index (χ1) is 13.7. The number of nitrogens with zero attached hydrogens (tertiary/aromatic N) is 1. The van der Waals surface area contributed by atoms with Gasteiger partial charge in [0.05, 0.1) is 12.1 Å². The molecule has 0 spiro atoms. The number of nitrogens with two attached hydrogens (primary N) is 1. The van der Waals surface area contributed by atoms with Crippen LogP contribution in [0.3, 0.4) is 0 Å². The molecule has 0 bridgehead atoms. The summed E-state index contributed by atoms with van der Waals surface area (Å²) in [5.41, 5.74) is 7.11. The van der Waals surface area contributed by atoms with Crippen LogP contribution in [-0.4, -0.2) is 28.5 Å². The summed E-state index contributed by atoms with van der Waals surface area (Å²) in [7, 11) is 0. The van der Waals surface area contributed by atoms with Crippen LogP contribution in [-0.2, 0) is 9.53 Å². The molecule has 0 aliphatic rings. The summed E-state index contributed by atoms with van der Waals surface area (Å²) >= 11 is 0. The molecule has 156 valence electrons. The second-order valence-electron chi connectivity index (χ2n) is 8.16. The number of amides is 2. The highest BCUT2D eigenvalue weighted by atomic mass is 16.6. The predicted molar refractivity (Wildman–Crippen MR) is 115 cm³/mol. The summed E-state index contributed by atoms with van der Waals surface area (Å²) in [6, 6.07) is 17.6. The molecule has 0 saturated heterocycles. The second kappa shape index (κ2) is 10.2. The molecular weight excluding hydrogens is 364 g/mol. The van der Waals surface area contributed by atoms with Crippen LogP contribution in [0.5, 0.6) is 0 Å². The fraction of sp³-hybridized carbons (Fsp3) is 0.417. The Labute approximate surface area is 173 Å². The zero-order valence-electron chi connectivity index (χ0n) is 17.8. The van der Waals surface area contributed by atoms with Gasteiger partial charge in [0.15, 0.2) is 0 Å². The Bertz CT molecular complexity index is 745. The summed E-state index contributed by atoms with van der Waals surface area (Å²) in [5, 5.41) is 0. The highest BCUT2D eigenvalue weighted by molar-refractivity contribution is 5.96. The molecule has 0 aromatic heterocycles. The molecule has 0 aliphatic carbocycles. The third kappa shape index (κ3) is 6.43. The number of hydrogen-bond donors (Lipinski definition) is 1. The van der Waals surface area contributed by atoms with Gasteiger partial charge in [-0.3, -0.25) is 4.79 Å². The Kier molecular flexibility index (Phi) is 7.97. The molecule has 0 fully saturated rings. The van der Waals surface area contributed by atoms with Crippen molar-refractivity contribution in [1.82, 2.24) is 4.90 Å². The molecule has 2 N–H and O–H groups in total. The number of hydrogen-bond acceptors (Lipinski definition) is 4. The van der Waals surface area contributed by atoms with E-state index in [0.717, 1.165) is 24.0 Å². The average molecular weight is 397 g/mol. The van der Waals surface area contributed by atoms with Crippen LogP contribution in [0, 0.1) is 0 Å². The Balaban J connectivity index is 2.54. The van der Waals surface area contributed by atoms with Gasteiger partial charge in [-0.1, -0.05) is 80.4 Å². The number of rotatable bonds is 7. The normalized spacial score (nSPS) is 12.5. The van der Waals surface area contributed by atoms with E-state index in [1.165, 1.54) is 4.90 Å². The minimum Gasteiger partial charge on any atom is -0.443 e. The van der Waals surface area contributed by atoms with Crippen molar-refractivity contribution in [3.05, 3.63) is 71.8 Å². The van der Waals surface area contributed by atoms with E-state index in [1.54, 1.807) is 20.8 Å². The molecule has 2 rings (SSSR count). The number of ether oxygens (including phenoxy) is 1. The molecule has 2 aromatic carbocycles. The van der Waals surface area contributed by atoms with E-state index in [1.807, 2.05) is 67.6 Å². The van der Waals surface area contributed by atoms with Crippen molar-refractivity contribution in [2.45, 2.75) is 64.6 Å². The van der Waals surface area contributed by atoms with Crippen LogP contribution in [0.1, 0.15) is 64.1 Å². The third-order valence-corrected chi connectivity index (χ3v) is 4.50. The molecule has 1 unspecified atom stereocenters. The Morgan fingerprint density at radius 2 is 1.45 bits per heavy atom. The third-order valence-electron chi connectivity index (χ3n) is 4.50. The van der Waals surface area contributed by atoms with Crippen molar-refractivity contribution >= 4 is 12.0 Å². The van der Waals surface area contributed by atoms with Gasteiger partial charge in [-0.05, 0) is 38.3 Å². The monoisotopic (exact) mass is 396 g/mol. The van der Waals surface area contributed by atoms with Crippen molar-refractivity contribution in [3.8, 4) is 0 Å². The van der Waals surface area contributed by atoms with Crippen molar-refractivity contribution in [3.63, 3.8) is 0 Å². The van der Waals surface area contributed by atoms with E-state index >= 15 is 0 Å². The first-order valence-electron chi connectivity index (χ1n) is 10.2. The Morgan fingerprint density at radius 3 is 1.86 bits per heavy atom. The number of benzene rings is 2. The van der Waals surface area contributed by atoms with E-state index in [4.69, 9.17) is 10.5 Å². The zero-order valence-corrected chi connectivity index (χ0v) is 17.8. The van der Waals surface area contributed by atoms with Gasteiger partial charge >= 0.3 is 6.09 Å². The summed E-state index contributed by atoms with van der Waals surface area (Å²) in [5.74, 6) is -0.426. The molecule has 0 radical (unpaired) electrons. The number of imide groups is 1. The lowest BCUT2D eigenvalue weighted by molar-refractivity contribution is -0.133. The van der Waals surface area contributed by atoms with Crippen LogP contribution in [0.15, 0.2) is 60.7 Å². The van der Waals surface area contributed by atoms with Crippen molar-refractivity contribution in [2.75, 3.05) is 0 Å². The summed E-state index contributed by atoms with van der Waals surface area (Å²) in [6.45, 7) is 7.39. The minimum atomic E-state index is -0.766. The highest BCUT2D eigenvalue weighted by Gasteiger charge is 2.37. The molecule has 29 heavy (non-hydrogen) atoms. The SMILES string of the molecule is CCCCC(N)C(=O)N(C(=O)OC(C)(C)C)C(c1ccccc1)c1ccccc1. The largest absolute Gasteiger partial charge is 0.443 e. The molecule has 0 heterocycles. The van der Waals surface area contributed by atoms with Crippen LogP contribution in [0.25, 0.3) is 0 Å². The maximum atomic E-state index is 13.4. The molecule has 0 saturated carbocycles. The zero-order chi connectivity index (χ0) is 21.4. The Morgan fingerprint density at radius 1 is 0.966 bits per heavy atom. The predicted octanol–water partition coefficient (Wildman–Crippen LogP) is 5.06. The van der Waals surface area contributed by atoms with Crippen molar-refractivity contribution in [1.29, 1.82) is 0 Å². The van der Waals surface area contributed by atoms with E-state index in [-0.39, 0.29) is 0 Å². The van der Waals surface area contributed by atoms with E-state index in [0.29, 0.717) is 6.42 Å². The minimum absolute atomic E-state index is 0.426. The Hall–Kier alpha value is -2.66. The molecule has 2 amide bonds. The molecular formula is C24H32N2O3. The van der Waals surface area contributed by atoms with Crippen LogP contribution in [0.4, 0.5) is 4.79 Å². The van der Waals surface area contributed by atoms with Gasteiger partial charge in [-0.2, -0.15) is 0 Å². The van der Waals surface area contributed by atoms with Crippen LogP contribution >= 0.6 is 0 Å². The van der Waals surface area contributed by atoms with Gasteiger partial charge in [0.25, 0.3) is 0 Å². The van der Waals surface area contributed by atoms with Gasteiger partial charge < -0.3 is 10.5 Å². The number of unbranched alkanes of at least 4 members (excludes halogenated alkanes) is 1. The highest BCUT2D eigenvalue weighted by Crippen LogP contribution is 2.31. The summed E-state index contributed by atoms with van der Waals surface area (Å²) in [6.07, 6.45) is 1.57. The van der Waals surface area contributed by atoms with E-state index < -0.39 is 29.7 Å². The van der Waals surface area contributed by atoms with Crippen LogP contribution in [0.2, 0.25) is 0 Å². The summed E-state index contributed by atoms with van der Waals surface area (Å²) in [4.78, 5) is 27.7. The first kappa shape index (κ1) is 22.6. The topological polar surface area (TPSA) is 72.6 Å². The lowest BCUT2D eigenvalue weighted by atomic mass is 9.96. The number of carbonyl (C=O) groups is 2. The van der Waals surface area contributed by atoms with Crippen molar-refractivity contribution in [2.24, 2.45) is 5.73 Å². The summed E-state index contributed by atoms with van der Waals surface area (Å²) < 4.78 is 5.61. The van der Waals surface area contributed by atoms with Gasteiger partial charge in [0.1, 0.15) is 5.60 Å². The molecule has 0 aliphatic heterocycles. The van der Waals surface area contributed by atoms with Gasteiger partial charge in [0, 0.05) is 0 Å². The van der Waals surface area contributed by atoms with E-state index in [2.05, 4.69) is 0 Å². The van der Waals surface area contributed by atoms with Gasteiger partial charge in [0.2, 0.25) is 5.91 Å². The fourth-order valence-electron chi connectivity index (χ4n) is 3.12. The lowest BCUT2D eigenvalue weighted by Crippen LogP contribution is -2.50. The smallest absolute Gasteiger partial charge is 0.417 e. The van der Waals surface area contributed by atoms with Crippen molar-refractivity contribution < 1.29 is 14.3 Å². The first-order valence-corrected chi connectivity index (χ1v) is 10.2. The maximum absolute atomic E-state index is 13.4. The molecule has 1 atom stereocenters. The fourth-order valence-corrected chi connectivity index (χ4v) is 3.12. The average Bonchev–Trinajstić information content (AvgIpc) is 2.69. The maximum Gasteiger partial charge on any atom is 0.417 e. The second-order valence-corrected chi connectivity index (χ2v) is 8.16. The van der Waals surface area contributed by atoms with Gasteiger partial charge in [-0.25, -0.2) is 9.69 Å². The molecule has 2 aromatic rings. The molecule has 5 nitrogen and oxygen atoms in total. The number of carbonyl (C=O) groups excluding carboxylic acids is 2. The molecule has 5 heteroatoms. The van der Waals surface area contributed by atoms with E-state index in [9.17, 15) is 9.59 Å². The lowest BCUT2D eigenvalue weighted by Gasteiger charge is -2.34. The quantitative estimate of drug-likeness (QED) is 0.710.